The highest BCUT2D eigenvalue weighted by Crippen LogP contribution is 2.16. The molecule has 0 aromatic heterocycles. The molecule has 0 radical (unpaired) electrons. The lowest BCUT2D eigenvalue weighted by molar-refractivity contribution is -0.139. The second kappa shape index (κ2) is 8.42. The molecule has 25 heavy (non-hydrogen) atoms. The van der Waals surface area contributed by atoms with Gasteiger partial charge in [0, 0.05) is 44.0 Å². The van der Waals surface area contributed by atoms with Gasteiger partial charge in [0.15, 0.2) is 0 Å². The van der Waals surface area contributed by atoms with E-state index in [4.69, 9.17) is 0 Å². The number of likely N-dealkylation sites (tertiary alicyclic amines) is 1. The number of benzene rings is 1. The average Bonchev–Trinajstić information content (AvgIpc) is 3.13. The molecular weight excluding hydrogens is 346 g/mol. The molecule has 2 saturated heterocycles. The summed E-state index contributed by atoms with van der Waals surface area (Å²) in [5, 5.41) is 15.6. The summed E-state index contributed by atoms with van der Waals surface area (Å²) in [6, 6.07) is 6.86. The van der Waals surface area contributed by atoms with Crippen molar-refractivity contribution >= 4 is 30.1 Å². The minimum Gasteiger partial charge on any atom is -0.391 e. The Kier molecular flexibility index (Phi) is 6.52. The minimum absolute atomic E-state index is 0. The summed E-state index contributed by atoms with van der Waals surface area (Å²) in [4.78, 5) is 36.6. The Labute approximate surface area is 152 Å². The summed E-state index contributed by atoms with van der Waals surface area (Å²) in [5.41, 5.74) is 1.32. The van der Waals surface area contributed by atoms with Crippen LogP contribution in [0, 0.1) is 5.92 Å². The standard InChI is InChI=1S/C17H21N3O4.ClH/c21-14-9-18-7-13(14)8-19-17(24)12-3-1-11(2-4-12)10-20-15(22)5-6-16(20)23;/h1-4,13-14,18,21H,5-10H2,(H,19,24);1H. The molecule has 2 fully saturated rings. The maximum absolute atomic E-state index is 12.1. The van der Waals surface area contributed by atoms with Gasteiger partial charge in [-0.25, -0.2) is 0 Å². The first kappa shape index (κ1) is 19.4. The van der Waals surface area contributed by atoms with Crippen LogP contribution in [0.4, 0.5) is 0 Å². The van der Waals surface area contributed by atoms with Crippen LogP contribution in [0.15, 0.2) is 24.3 Å². The summed E-state index contributed by atoms with van der Waals surface area (Å²) in [7, 11) is 0. The Bertz CT molecular complexity index is 634. The van der Waals surface area contributed by atoms with Gasteiger partial charge in [0.25, 0.3) is 5.91 Å². The number of imide groups is 1. The van der Waals surface area contributed by atoms with Crippen LogP contribution in [0.5, 0.6) is 0 Å². The topological polar surface area (TPSA) is 98.7 Å². The van der Waals surface area contributed by atoms with E-state index in [0.29, 0.717) is 25.2 Å². The van der Waals surface area contributed by atoms with Crippen molar-refractivity contribution in [3.63, 3.8) is 0 Å². The Morgan fingerprint density at radius 2 is 1.80 bits per heavy atom. The minimum atomic E-state index is -0.428. The highest BCUT2D eigenvalue weighted by molar-refractivity contribution is 6.01. The summed E-state index contributed by atoms with van der Waals surface area (Å²) in [6.45, 7) is 1.92. The molecule has 2 heterocycles. The highest BCUT2D eigenvalue weighted by Gasteiger charge is 2.28. The van der Waals surface area contributed by atoms with Crippen LogP contribution in [0.2, 0.25) is 0 Å². The molecule has 136 valence electrons. The van der Waals surface area contributed by atoms with E-state index < -0.39 is 6.10 Å². The second-order valence-electron chi connectivity index (χ2n) is 6.27. The van der Waals surface area contributed by atoms with Crippen molar-refractivity contribution in [2.24, 2.45) is 5.92 Å². The fourth-order valence-corrected chi connectivity index (χ4v) is 3.00. The van der Waals surface area contributed by atoms with E-state index in [1.165, 1.54) is 4.90 Å². The van der Waals surface area contributed by atoms with Crippen molar-refractivity contribution in [2.45, 2.75) is 25.5 Å². The second-order valence-corrected chi connectivity index (χ2v) is 6.27. The van der Waals surface area contributed by atoms with Crippen LogP contribution >= 0.6 is 12.4 Å². The molecular formula is C17H22ClN3O4. The van der Waals surface area contributed by atoms with Gasteiger partial charge >= 0.3 is 0 Å². The van der Waals surface area contributed by atoms with E-state index in [2.05, 4.69) is 10.6 Å². The number of carbonyl (C=O) groups is 3. The molecule has 8 heteroatoms. The Balaban J connectivity index is 0.00000225. The van der Waals surface area contributed by atoms with Crippen LogP contribution in [0.25, 0.3) is 0 Å². The van der Waals surface area contributed by atoms with Crippen molar-refractivity contribution in [3.8, 4) is 0 Å². The summed E-state index contributed by atoms with van der Waals surface area (Å²) >= 11 is 0. The summed E-state index contributed by atoms with van der Waals surface area (Å²) < 4.78 is 0. The number of aliphatic hydroxyl groups is 1. The quantitative estimate of drug-likeness (QED) is 0.640. The van der Waals surface area contributed by atoms with Crippen LogP contribution in [-0.2, 0) is 16.1 Å². The summed E-state index contributed by atoms with van der Waals surface area (Å²) in [6.07, 6.45) is 0.130. The van der Waals surface area contributed by atoms with E-state index in [9.17, 15) is 19.5 Å². The molecule has 2 aliphatic heterocycles. The van der Waals surface area contributed by atoms with Gasteiger partial charge < -0.3 is 15.7 Å². The number of carbonyl (C=O) groups excluding carboxylic acids is 3. The fraction of sp³-hybridized carbons (Fsp3) is 0.471. The maximum Gasteiger partial charge on any atom is 0.251 e. The first-order valence-electron chi connectivity index (χ1n) is 8.13. The lowest BCUT2D eigenvalue weighted by atomic mass is 10.1. The largest absolute Gasteiger partial charge is 0.391 e. The number of hydrogen-bond donors (Lipinski definition) is 3. The third-order valence-electron chi connectivity index (χ3n) is 4.54. The number of β-amino-alcohol motifs (C(OH)–C–C–N with tert-alkyl or cyclic N) is 1. The zero-order chi connectivity index (χ0) is 17.1. The molecule has 0 saturated carbocycles. The first-order chi connectivity index (χ1) is 11.5. The average molecular weight is 368 g/mol. The predicted octanol–water partition coefficient (Wildman–Crippen LogP) is 0.0675. The highest BCUT2D eigenvalue weighted by atomic mass is 35.5. The smallest absolute Gasteiger partial charge is 0.251 e. The van der Waals surface area contributed by atoms with Crippen molar-refractivity contribution in [2.75, 3.05) is 19.6 Å². The van der Waals surface area contributed by atoms with E-state index in [1.54, 1.807) is 24.3 Å². The first-order valence-corrected chi connectivity index (χ1v) is 8.13. The molecule has 1 aromatic carbocycles. The van der Waals surface area contributed by atoms with Gasteiger partial charge in [-0.1, -0.05) is 12.1 Å². The van der Waals surface area contributed by atoms with Crippen LogP contribution in [-0.4, -0.2) is 53.5 Å². The lowest BCUT2D eigenvalue weighted by Crippen LogP contribution is -2.34. The zero-order valence-electron chi connectivity index (χ0n) is 13.7. The van der Waals surface area contributed by atoms with Crippen molar-refractivity contribution < 1.29 is 19.5 Å². The van der Waals surface area contributed by atoms with Gasteiger partial charge in [-0.05, 0) is 17.7 Å². The number of amides is 3. The lowest BCUT2D eigenvalue weighted by Gasteiger charge is -2.15. The van der Waals surface area contributed by atoms with Gasteiger partial charge in [-0.15, -0.1) is 12.4 Å². The number of nitrogens with zero attached hydrogens (tertiary/aromatic N) is 1. The molecule has 2 aliphatic rings. The molecule has 3 rings (SSSR count). The van der Waals surface area contributed by atoms with Crippen molar-refractivity contribution in [1.29, 1.82) is 0 Å². The van der Waals surface area contributed by atoms with E-state index in [-0.39, 0.29) is 55.4 Å². The third kappa shape index (κ3) is 4.56. The fourth-order valence-electron chi connectivity index (χ4n) is 3.00. The number of nitrogens with one attached hydrogen (secondary N) is 2. The molecule has 3 amide bonds. The Morgan fingerprint density at radius 3 is 2.36 bits per heavy atom. The number of hydrogen-bond acceptors (Lipinski definition) is 5. The molecule has 3 N–H and O–H groups in total. The SMILES string of the molecule is Cl.O=C(NCC1CNCC1O)c1ccc(CN2C(=O)CCC2=O)cc1. The molecule has 1 aromatic rings. The van der Waals surface area contributed by atoms with Crippen LogP contribution in [0.1, 0.15) is 28.8 Å². The number of rotatable bonds is 5. The predicted molar refractivity (Wildman–Crippen MR) is 93.2 cm³/mol. The van der Waals surface area contributed by atoms with E-state index in [1.807, 2.05) is 0 Å². The van der Waals surface area contributed by atoms with Gasteiger partial charge in [0.1, 0.15) is 0 Å². The van der Waals surface area contributed by atoms with Crippen molar-refractivity contribution in [1.82, 2.24) is 15.5 Å². The van der Waals surface area contributed by atoms with Crippen LogP contribution < -0.4 is 10.6 Å². The van der Waals surface area contributed by atoms with Gasteiger partial charge in [-0.3, -0.25) is 19.3 Å². The zero-order valence-corrected chi connectivity index (χ0v) is 14.6. The van der Waals surface area contributed by atoms with Gasteiger partial charge in [0.05, 0.1) is 12.6 Å². The summed E-state index contributed by atoms with van der Waals surface area (Å²) in [5.74, 6) is -0.467. The Morgan fingerprint density at radius 1 is 1.16 bits per heavy atom. The van der Waals surface area contributed by atoms with Crippen LogP contribution in [0.3, 0.4) is 0 Å². The molecule has 0 aliphatic carbocycles. The number of halogens is 1. The Hall–Kier alpha value is -1.96. The number of aliphatic hydroxyl groups excluding tert-OH is 1. The molecule has 0 spiro atoms. The van der Waals surface area contributed by atoms with E-state index >= 15 is 0 Å². The van der Waals surface area contributed by atoms with Gasteiger partial charge in [-0.2, -0.15) is 0 Å². The monoisotopic (exact) mass is 367 g/mol. The molecule has 2 unspecified atom stereocenters. The third-order valence-corrected chi connectivity index (χ3v) is 4.54. The van der Waals surface area contributed by atoms with E-state index in [0.717, 1.165) is 5.56 Å². The van der Waals surface area contributed by atoms with Crippen molar-refractivity contribution in [3.05, 3.63) is 35.4 Å². The molecule has 0 bridgehead atoms. The molecule has 2 atom stereocenters. The normalized spacial score (nSPS) is 22.8. The maximum atomic E-state index is 12.1. The molecule has 7 nitrogen and oxygen atoms in total. The van der Waals surface area contributed by atoms with Gasteiger partial charge in [0.2, 0.25) is 11.8 Å².